The van der Waals surface area contributed by atoms with Crippen LogP contribution < -0.4 is 0 Å². The smallest absolute Gasteiger partial charge is 2.00 e. The fraction of sp³-hybridized carbons (Fsp3) is 0.807. The molecule has 0 saturated heterocycles. The van der Waals surface area contributed by atoms with E-state index in [0.717, 1.165) is 19.3 Å². The van der Waals surface area contributed by atoms with Crippen molar-refractivity contribution in [2.75, 3.05) is 188 Å². The molecule has 3 fully saturated rings. The minimum Gasteiger partial charge on any atom is 2.00 e. The summed E-state index contributed by atoms with van der Waals surface area (Å²) in [6.45, 7) is 16.7. The minimum atomic E-state index is -1.82. The molecule has 0 radical (unpaired) electrons. The third-order valence-electron chi connectivity index (χ3n) is 10.6. The Hall–Kier alpha value is -1.70. The number of ether oxygens (including phenoxy) is 14. The number of carboxylic acids is 8. The minimum absolute atomic E-state index is 0. The van der Waals surface area contributed by atoms with Crippen LogP contribution in [0.25, 0.3) is 17.2 Å². The van der Waals surface area contributed by atoms with E-state index in [1.54, 1.807) is 14.2 Å². The molecule has 3 aliphatic rings. The van der Waals surface area contributed by atoms with Crippen LogP contribution in [-0.4, -0.2) is 295 Å². The molecule has 590 valence electrons. The maximum absolute atomic E-state index is 9.95. The molecule has 0 aromatic heterocycles. The third-order valence-corrected chi connectivity index (χ3v) is 10.6. The van der Waals surface area contributed by atoms with Crippen LogP contribution in [-0.2, 0) is 159 Å². The normalized spacial score (nSPS) is 16.7. The van der Waals surface area contributed by atoms with Crippen molar-refractivity contribution in [2.45, 2.75) is 95.2 Å². The molecule has 40 heteroatoms. The second-order valence-electron chi connectivity index (χ2n) is 18.5. The molecule has 0 bridgehead atoms. The number of aliphatic carboxylic acids is 8. The second-order valence-corrected chi connectivity index (χ2v) is 25.1. The number of nitrogens with one attached hydrogen (secondary N) is 3. The number of carboxylic acid groups (broad SMARTS) is 8. The molecule has 97 heavy (non-hydrogen) atoms. The maximum Gasteiger partial charge on any atom is 2.00 e. The van der Waals surface area contributed by atoms with E-state index in [4.69, 9.17) is 134 Å². The molecule has 0 heterocycles. The molecule has 0 aliphatic heterocycles. The Morgan fingerprint density at radius 2 is 0.443 bits per heavy atom. The molecule has 0 aromatic rings. The van der Waals surface area contributed by atoms with E-state index in [2.05, 4.69) is 58.7 Å². The van der Waals surface area contributed by atoms with Gasteiger partial charge >= 0.3 is 139 Å². The van der Waals surface area contributed by atoms with Crippen LogP contribution in [0.2, 0.25) is 0 Å². The average molecular weight is 2040 g/mol. The van der Waals surface area contributed by atoms with Gasteiger partial charge in [-0.1, -0.05) is 77.0 Å². The predicted octanol–water partition coefficient (Wildman–Crippen LogP) is 7.64. The Labute approximate surface area is 619 Å². The summed E-state index contributed by atoms with van der Waals surface area (Å²) in [4.78, 5) is 77.3. The fourth-order valence-electron chi connectivity index (χ4n) is 5.87. The van der Waals surface area contributed by atoms with Crippen molar-refractivity contribution in [3.8, 4) is 0 Å². The summed E-state index contributed by atoms with van der Waals surface area (Å²) in [7, 11) is 28.8. The Morgan fingerprint density at radius 1 is 0.309 bits per heavy atom. The van der Waals surface area contributed by atoms with Crippen LogP contribution in [0, 0.1) is 38.5 Å². The Morgan fingerprint density at radius 3 is 0.557 bits per heavy atom. The first-order valence-electron chi connectivity index (χ1n) is 29.1. The summed E-state index contributed by atoms with van der Waals surface area (Å²) in [5.74, 6) is -8.13. The van der Waals surface area contributed by atoms with E-state index in [1.807, 2.05) is 0 Å². The van der Waals surface area contributed by atoms with E-state index in [-0.39, 0.29) is 78.8 Å². The number of hydrogen-bond acceptors (Lipinski definition) is 22. The van der Waals surface area contributed by atoms with Gasteiger partial charge in [0, 0.05) is 42.7 Å². The van der Waals surface area contributed by atoms with Gasteiger partial charge < -0.3 is 145 Å². The van der Waals surface area contributed by atoms with Crippen molar-refractivity contribution >= 4 is 85.4 Å². The van der Waals surface area contributed by atoms with Crippen molar-refractivity contribution in [1.29, 1.82) is 0 Å². The van der Waals surface area contributed by atoms with E-state index in [0.29, 0.717) is 123 Å². The van der Waals surface area contributed by atoms with Gasteiger partial charge in [-0.15, -0.1) is 0 Å². The van der Waals surface area contributed by atoms with Gasteiger partial charge in [0.05, 0.1) is 106 Å². The van der Waals surface area contributed by atoms with Gasteiger partial charge in [-0.3, -0.25) is 0 Å². The molecule has 11 N–H and O–H groups in total. The number of hydrogen-bond donors (Lipinski definition) is 8. The van der Waals surface area contributed by atoms with Crippen LogP contribution in [0.1, 0.15) is 77.0 Å². The first kappa shape index (κ1) is 116. The van der Waals surface area contributed by atoms with Crippen molar-refractivity contribution in [3.63, 3.8) is 0 Å². The van der Waals surface area contributed by atoms with Crippen LogP contribution in [0.3, 0.4) is 0 Å². The summed E-state index contributed by atoms with van der Waals surface area (Å²) < 4.78 is 65.8. The predicted molar refractivity (Wildman–Crippen MR) is 349 cm³/mol. The molecular weight excluding hydrogens is 1930 g/mol. The molecule has 0 spiro atoms. The van der Waals surface area contributed by atoms with Crippen molar-refractivity contribution < 1.29 is 200 Å². The van der Waals surface area contributed by atoms with Gasteiger partial charge in [-0.2, -0.15) is 35.9 Å². The number of carbonyl (C=O) groups is 8. The number of rotatable bonds is 36. The average Bonchev–Trinajstić information content (AvgIpc) is 3.46. The molecule has 33 nitrogen and oxygen atoms in total. The van der Waals surface area contributed by atoms with Crippen LogP contribution in [0.4, 0.5) is 0 Å². The number of halogens is 4. The van der Waals surface area contributed by atoms with Crippen LogP contribution >= 0.6 is 37.7 Å². The molecule has 0 aromatic carbocycles. The van der Waals surface area contributed by atoms with Crippen molar-refractivity contribution in [2.24, 2.45) is 17.8 Å². The standard InChI is InChI=1S/3C7H13N.2C7H14O5.4C5H10O4.C2H2O4.4ClH.3Pt/c3*1-6-4-2-3-5-7(6)8;2*1-10-2-3-11-4-5-12-6-7(8)9;4*1-8-2-3-9-4-5(6)7;3-1(4)2(5)6;;;;;;;/h3*6-8H,1-5H2;2*2-6H2,1H3,(H,8,9);4*2-4H2,1H3,(H,6,7);(H,3,4)(H,5,6);4*1H;;;/q3*-2;;;;;;;;;;;;+2;2*+4/p-4/t3*6-,7-;;;;;;;;;;;;;;/m111............../s1. The zero-order chi connectivity index (χ0) is 75.4. The van der Waals surface area contributed by atoms with Gasteiger partial charge in [-0.25, -0.2) is 38.4 Å². The molecular formula is C57H109Cl4N3O30Pt3. The summed E-state index contributed by atoms with van der Waals surface area (Å²) >= 11 is -0.944. The van der Waals surface area contributed by atoms with Crippen molar-refractivity contribution in [3.05, 3.63) is 38.0 Å². The zero-order valence-electron chi connectivity index (χ0n) is 56.1. The first-order valence-corrected chi connectivity index (χ1v) is 40.4. The summed E-state index contributed by atoms with van der Waals surface area (Å²) in [6.07, 6.45) is 14.4. The van der Waals surface area contributed by atoms with E-state index < -0.39 is 80.7 Å². The summed E-state index contributed by atoms with van der Waals surface area (Å²) in [5.41, 5.74) is 22.2. The molecule has 3 aliphatic carbocycles. The number of methoxy groups -OCH3 is 6. The van der Waals surface area contributed by atoms with Gasteiger partial charge in [0.2, 0.25) is 0 Å². The molecule has 6 atom stereocenters. The zero-order valence-corrected chi connectivity index (χ0v) is 66.0. The molecule has 3 saturated carbocycles. The molecule has 0 unspecified atom stereocenters. The van der Waals surface area contributed by atoms with E-state index in [9.17, 15) is 28.8 Å². The van der Waals surface area contributed by atoms with E-state index >= 15 is 0 Å². The van der Waals surface area contributed by atoms with Crippen molar-refractivity contribution in [1.82, 2.24) is 0 Å². The SMILES string of the molecule is COCCOCC(=O)O.COCCOCC(=O)O.COCCOCC(=O)O.COCCOCC(=O)O.COCCOCCOCC(=O)O.COCCOCCOCC(=O)O.O=C(O)C(=O)O.[CH2-][C@@H]1CCCC[C@H]1[NH-].[CH2-][C@@H]1CCCC[C@H]1[NH-].[CH2-][C@@H]1CCCC[C@H]1[NH-].[Cl][Pt+2][Cl].[Cl][Pt+2][Cl].[Pt+2]. The fourth-order valence-corrected chi connectivity index (χ4v) is 5.87. The molecule has 0 amide bonds. The Balaban J connectivity index is -0.000000108. The van der Waals surface area contributed by atoms with Gasteiger partial charge in [0.1, 0.15) is 39.6 Å². The van der Waals surface area contributed by atoms with Crippen LogP contribution in [0.5, 0.6) is 0 Å². The first-order chi connectivity index (χ1) is 45.5. The van der Waals surface area contributed by atoms with Gasteiger partial charge in [0.25, 0.3) is 0 Å². The monoisotopic (exact) mass is 2040 g/mol. The van der Waals surface area contributed by atoms with E-state index in [1.165, 1.54) is 86.2 Å². The second kappa shape index (κ2) is 101. The molecule has 3 rings (SSSR count). The van der Waals surface area contributed by atoms with Gasteiger partial charge in [0.15, 0.2) is 0 Å². The quantitative estimate of drug-likeness (QED) is 0.0170. The Bertz CT molecular complexity index is 1490. The summed E-state index contributed by atoms with van der Waals surface area (Å²) in [5, 5.41) is 63.3. The Kier molecular flexibility index (Phi) is 121. The topological polar surface area (TPSA) is 499 Å². The maximum atomic E-state index is 9.95. The van der Waals surface area contributed by atoms with Crippen LogP contribution in [0.15, 0.2) is 0 Å². The van der Waals surface area contributed by atoms with Gasteiger partial charge in [-0.05, 0) is 0 Å². The third kappa shape index (κ3) is 134. The summed E-state index contributed by atoms with van der Waals surface area (Å²) in [6, 6.07) is 0.427. The largest absolute Gasteiger partial charge is 2.00 e.